The third-order valence-corrected chi connectivity index (χ3v) is 9.96. The Kier molecular flexibility index (Phi) is 9.79. The van der Waals surface area contributed by atoms with Crippen molar-refractivity contribution in [1.82, 2.24) is 0 Å². The van der Waals surface area contributed by atoms with Gasteiger partial charge >= 0.3 is 23.1 Å². The molecule has 8 aromatic carbocycles. The van der Waals surface area contributed by atoms with Crippen LogP contribution < -0.4 is 0 Å². The van der Waals surface area contributed by atoms with Crippen molar-refractivity contribution in [3.05, 3.63) is 157 Å². The average molecular weight is 619 g/mol. The van der Waals surface area contributed by atoms with Gasteiger partial charge in [-0.1, -0.05) is 128 Å². The van der Waals surface area contributed by atoms with Crippen molar-refractivity contribution in [3.8, 4) is 22.3 Å². The first kappa shape index (κ1) is 31.9. The normalized spacial score (nSPS) is 10.9. The Hall–Kier alpha value is -4.09. The summed E-state index contributed by atoms with van der Waals surface area (Å²) in [4.78, 5) is 0. The van der Waals surface area contributed by atoms with E-state index < -0.39 is 0 Å². The second-order valence-electron chi connectivity index (χ2n) is 12.2. The third-order valence-electron chi connectivity index (χ3n) is 8.93. The van der Waals surface area contributed by atoms with Crippen LogP contribution in [0.5, 0.6) is 0 Å². The van der Waals surface area contributed by atoms with Crippen molar-refractivity contribution in [1.29, 1.82) is 0 Å². The standard InChI is InChI=1S/C23H21Si.C21H17.Mg/c1-24(2)14-13-17-15-19-9-6-12-22(23(19)16-17)21-11-5-8-18-7-3-4-10-20(18)21;1-2-15-13-17-9-6-12-20(21(17)14-15)19-11-5-8-16-7-3-4-10-18(16)19;/h3-12,14-16H,13H2,1-2H3;3-14H,2H2,1H3;/q2*-1;+2. The van der Waals surface area contributed by atoms with Crippen LogP contribution in [0.1, 0.15) is 18.1 Å². The Morgan fingerprint density at radius 3 is 1.41 bits per heavy atom. The van der Waals surface area contributed by atoms with Gasteiger partial charge in [-0.2, -0.15) is 12.1 Å². The molecule has 0 spiro atoms. The van der Waals surface area contributed by atoms with Crippen LogP contribution >= 0.6 is 0 Å². The van der Waals surface area contributed by atoms with Gasteiger partial charge in [0, 0.05) is 0 Å². The van der Waals surface area contributed by atoms with E-state index in [4.69, 9.17) is 0 Å². The smallest absolute Gasteiger partial charge is 0.164 e. The maximum absolute atomic E-state index is 2.48. The van der Waals surface area contributed by atoms with Crippen LogP contribution in [0.25, 0.3) is 65.3 Å². The molecule has 8 rings (SSSR count). The molecule has 0 aliphatic carbocycles. The van der Waals surface area contributed by atoms with Crippen LogP contribution in [0.2, 0.25) is 13.1 Å². The van der Waals surface area contributed by atoms with Crippen molar-refractivity contribution in [2.24, 2.45) is 0 Å². The molecule has 0 heterocycles. The summed E-state index contributed by atoms with van der Waals surface area (Å²) in [7, 11) is -0.284. The Morgan fingerprint density at radius 1 is 0.500 bits per heavy atom. The number of hydrogen-bond acceptors (Lipinski definition) is 0. The SMILES string of the molecule is CCc1cc2c(-c3cccc4ccccc34)cccc2[cH-]1.C[Si](C)=CCc1cc2c(-c3cccc4ccccc34)cccc2[cH-]1.[Mg+2]. The zero-order valence-corrected chi connectivity index (χ0v) is 29.5. The molecule has 2 heteroatoms. The van der Waals surface area contributed by atoms with E-state index in [0.717, 1.165) is 12.8 Å². The van der Waals surface area contributed by atoms with Crippen LogP contribution in [0.4, 0.5) is 0 Å². The van der Waals surface area contributed by atoms with E-state index in [1.54, 1.807) is 0 Å². The summed E-state index contributed by atoms with van der Waals surface area (Å²) >= 11 is 0. The van der Waals surface area contributed by atoms with E-state index in [1.165, 1.54) is 76.5 Å². The van der Waals surface area contributed by atoms with Gasteiger partial charge in [0.05, 0.1) is 0 Å². The van der Waals surface area contributed by atoms with Gasteiger partial charge in [0.2, 0.25) is 0 Å². The minimum atomic E-state index is -0.284. The first-order valence-electron chi connectivity index (χ1n) is 16.1. The maximum atomic E-state index is 2.48. The first-order chi connectivity index (χ1) is 22.1. The molecule has 46 heavy (non-hydrogen) atoms. The van der Waals surface area contributed by atoms with Gasteiger partial charge in [-0.3, -0.25) is 0 Å². The summed E-state index contributed by atoms with van der Waals surface area (Å²) in [5, 5.41) is 10.7. The molecule has 0 aliphatic rings. The van der Waals surface area contributed by atoms with E-state index in [0.29, 0.717) is 0 Å². The molecule has 0 saturated carbocycles. The van der Waals surface area contributed by atoms with E-state index in [1.807, 2.05) is 0 Å². The van der Waals surface area contributed by atoms with Crippen LogP contribution in [-0.2, 0) is 12.8 Å². The summed E-state index contributed by atoms with van der Waals surface area (Å²) in [6.07, 6.45) is 2.18. The zero-order chi connectivity index (χ0) is 30.8. The van der Waals surface area contributed by atoms with E-state index in [9.17, 15) is 0 Å². The quantitative estimate of drug-likeness (QED) is 0.133. The minimum absolute atomic E-state index is 0. The minimum Gasteiger partial charge on any atom is -0.164 e. The van der Waals surface area contributed by atoms with Crippen LogP contribution in [0.3, 0.4) is 0 Å². The van der Waals surface area contributed by atoms with E-state index in [-0.39, 0.29) is 31.5 Å². The fourth-order valence-corrected chi connectivity index (χ4v) is 7.27. The molecule has 0 amide bonds. The van der Waals surface area contributed by atoms with E-state index in [2.05, 4.69) is 171 Å². The molecule has 0 bridgehead atoms. The fraction of sp³-hybridized carbons (Fsp3) is 0.114. The van der Waals surface area contributed by atoms with Gasteiger partial charge < -0.3 is 0 Å². The van der Waals surface area contributed by atoms with Crippen molar-refractivity contribution < 1.29 is 0 Å². The predicted octanol–water partition coefficient (Wildman–Crippen LogP) is 11.6. The molecule has 0 unspecified atom stereocenters. The van der Waals surface area contributed by atoms with Gasteiger partial charge in [0.1, 0.15) is 0 Å². The Morgan fingerprint density at radius 2 is 0.913 bits per heavy atom. The molecule has 0 saturated heterocycles. The predicted molar refractivity (Wildman–Crippen MR) is 207 cm³/mol. The van der Waals surface area contributed by atoms with Crippen molar-refractivity contribution >= 4 is 80.2 Å². The number of hydrogen-bond donors (Lipinski definition) is 0. The fourth-order valence-electron chi connectivity index (χ4n) is 6.63. The van der Waals surface area contributed by atoms with Crippen LogP contribution in [0, 0.1) is 0 Å². The van der Waals surface area contributed by atoms with Crippen molar-refractivity contribution in [3.63, 3.8) is 0 Å². The second kappa shape index (κ2) is 14.1. The second-order valence-corrected chi connectivity index (χ2v) is 14.8. The summed E-state index contributed by atoms with van der Waals surface area (Å²) < 4.78 is 0. The van der Waals surface area contributed by atoms with Crippen molar-refractivity contribution in [2.75, 3.05) is 0 Å². The molecule has 0 N–H and O–H groups in total. The average Bonchev–Trinajstić information content (AvgIpc) is 3.71. The summed E-state index contributed by atoms with van der Waals surface area (Å²) in [6.45, 7) is 6.90. The molecule has 8 aromatic rings. The molecule has 0 fully saturated rings. The summed E-state index contributed by atoms with van der Waals surface area (Å²) in [6, 6.07) is 53.1. The van der Waals surface area contributed by atoms with Gasteiger partial charge in [0.25, 0.3) is 0 Å². The number of aryl methyl sites for hydroxylation is 1. The summed E-state index contributed by atoms with van der Waals surface area (Å²) in [5.41, 5.74) is 10.7. The Balaban J connectivity index is 0.000000159. The molecule has 0 aromatic heterocycles. The molecular formula is C44H38MgSi. The molecule has 220 valence electrons. The molecule has 0 atom stereocenters. The number of fused-ring (bicyclic) bond motifs is 4. The van der Waals surface area contributed by atoms with Gasteiger partial charge in [-0.25, -0.2) is 0 Å². The van der Waals surface area contributed by atoms with Crippen LogP contribution in [0.15, 0.2) is 146 Å². The molecule has 0 nitrogen and oxygen atoms in total. The first-order valence-corrected chi connectivity index (χ1v) is 18.6. The third kappa shape index (κ3) is 6.43. The Bertz CT molecular complexity index is 2300. The molecular weight excluding hydrogens is 581 g/mol. The number of benzene rings is 6. The summed E-state index contributed by atoms with van der Waals surface area (Å²) in [5.74, 6) is 0. The largest absolute Gasteiger partial charge is 2.00 e. The van der Waals surface area contributed by atoms with Gasteiger partial charge in [-0.15, -0.1) is 74.7 Å². The monoisotopic (exact) mass is 618 g/mol. The topological polar surface area (TPSA) is 0 Å². The van der Waals surface area contributed by atoms with Crippen LogP contribution in [-0.4, -0.2) is 37.1 Å². The maximum Gasteiger partial charge on any atom is 2.00 e. The van der Waals surface area contributed by atoms with E-state index >= 15 is 0 Å². The van der Waals surface area contributed by atoms with Gasteiger partial charge in [0.15, 0.2) is 0 Å². The molecule has 0 aliphatic heterocycles. The van der Waals surface area contributed by atoms with Crippen molar-refractivity contribution in [2.45, 2.75) is 32.9 Å². The zero-order valence-electron chi connectivity index (χ0n) is 27.1. The Labute approximate surface area is 290 Å². The van der Waals surface area contributed by atoms with Gasteiger partial charge in [-0.05, 0) is 53.9 Å². The number of rotatable bonds is 5. The molecule has 0 radical (unpaired) electrons.